The number of hydrogen-bond donors (Lipinski definition) is 3. The Kier molecular flexibility index (Phi) is 6.78. The maximum absolute atomic E-state index is 12.2. The zero-order valence-corrected chi connectivity index (χ0v) is 13.4. The van der Waals surface area contributed by atoms with E-state index in [1.165, 1.54) is 0 Å². The minimum absolute atomic E-state index is 0.0937. The van der Waals surface area contributed by atoms with Gasteiger partial charge in [0.25, 0.3) is 0 Å². The van der Waals surface area contributed by atoms with Crippen LogP contribution in [-0.4, -0.2) is 17.0 Å². The first-order chi connectivity index (χ1) is 9.90. The van der Waals surface area contributed by atoms with E-state index >= 15 is 0 Å². The zero-order valence-electron chi connectivity index (χ0n) is 11.9. The number of benzene rings is 1. The Morgan fingerprint density at radius 2 is 2.14 bits per heavy atom. The summed E-state index contributed by atoms with van der Waals surface area (Å²) < 4.78 is 0. The average Bonchev–Trinajstić information content (AvgIpc) is 2.43. The average molecular weight is 332 g/mol. The molecule has 1 rings (SSSR count). The van der Waals surface area contributed by atoms with Gasteiger partial charge in [0, 0.05) is 10.0 Å². The summed E-state index contributed by atoms with van der Waals surface area (Å²) in [5, 5.41) is 15.5. The van der Waals surface area contributed by atoms with Crippen LogP contribution in [0.15, 0.2) is 23.4 Å². The van der Waals surface area contributed by atoms with Gasteiger partial charge >= 0.3 is 0 Å². The molecule has 5 nitrogen and oxygen atoms in total. The fourth-order valence-electron chi connectivity index (χ4n) is 2.02. The van der Waals surface area contributed by atoms with Crippen molar-refractivity contribution in [2.24, 2.45) is 16.8 Å². The van der Waals surface area contributed by atoms with Crippen LogP contribution in [-0.2, 0) is 4.79 Å². The highest BCUT2D eigenvalue weighted by Crippen LogP contribution is 2.26. The summed E-state index contributed by atoms with van der Waals surface area (Å²) in [4.78, 5) is 12.2. The summed E-state index contributed by atoms with van der Waals surface area (Å²) in [6.45, 7) is 3.73. The first-order valence-corrected chi connectivity index (χ1v) is 7.39. The summed E-state index contributed by atoms with van der Waals surface area (Å²) in [7, 11) is 0. The van der Waals surface area contributed by atoms with E-state index < -0.39 is 5.92 Å². The second-order valence-corrected chi connectivity index (χ2v) is 5.61. The molecule has 21 heavy (non-hydrogen) atoms. The molecule has 0 aliphatic rings. The van der Waals surface area contributed by atoms with Crippen LogP contribution in [0.5, 0.6) is 0 Å². The SMILES string of the molecule is CCCC(C(=O)NC(C)c1ccc(Cl)cc1Cl)C(N)=NO. The molecule has 2 atom stereocenters. The third-order valence-electron chi connectivity index (χ3n) is 3.15. The van der Waals surface area contributed by atoms with Crippen LogP contribution in [0, 0.1) is 5.92 Å². The summed E-state index contributed by atoms with van der Waals surface area (Å²) in [6.07, 6.45) is 1.24. The van der Waals surface area contributed by atoms with Crippen molar-refractivity contribution in [3.05, 3.63) is 33.8 Å². The number of halogens is 2. The highest BCUT2D eigenvalue weighted by Gasteiger charge is 2.24. The Bertz CT molecular complexity index is 535. The van der Waals surface area contributed by atoms with Crippen molar-refractivity contribution in [1.29, 1.82) is 0 Å². The smallest absolute Gasteiger partial charge is 0.231 e. The second kappa shape index (κ2) is 8.10. The minimum atomic E-state index is -0.659. The van der Waals surface area contributed by atoms with Gasteiger partial charge in [-0.2, -0.15) is 0 Å². The Morgan fingerprint density at radius 1 is 1.48 bits per heavy atom. The van der Waals surface area contributed by atoms with Crippen molar-refractivity contribution in [2.75, 3.05) is 0 Å². The molecule has 0 saturated carbocycles. The highest BCUT2D eigenvalue weighted by atomic mass is 35.5. The predicted molar refractivity (Wildman–Crippen MR) is 84.8 cm³/mol. The van der Waals surface area contributed by atoms with Crippen LogP contribution in [0.4, 0.5) is 0 Å². The maximum atomic E-state index is 12.2. The summed E-state index contributed by atoms with van der Waals surface area (Å²) in [6, 6.07) is 4.77. The van der Waals surface area contributed by atoms with Gasteiger partial charge in [0.2, 0.25) is 5.91 Å². The van der Waals surface area contributed by atoms with Gasteiger partial charge in [-0.1, -0.05) is 47.8 Å². The summed E-state index contributed by atoms with van der Waals surface area (Å²) in [5.41, 5.74) is 6.32. The number of oxime groups is 1. The first kappa shape index (κ1) is 17.6. The Balaban J connectivity index is 2.85. The van der Waals surface area contributed by atoms with Gasteiger partial charge in [-0.25, -0.2) is 0 Å². The van der Waals surface area contributed by atoms with Crippen molar-refractivity contribution in [3.8, 4) is 0 Å². The number of rotatable bonds is 6. The van der Waals surface area contributed by atoms with E-state index in [0.29, 0.717) is 16.5 Å². The number of nitrogens with zero attached hydrogens (tertiary/aromatic N) is 1. The lowest BCUT2D eigenvalue weighted by molar-refractivity contribution is -0.123. The number of nitrogens with two attached hydrogens (primary N) is 1. The summed E-state index contributed by atoms with van der Waals surface area (Å²) in [5.74, 6) is -1.05. The Morgan fingerprint density at radius 3 is 2.67 bits per heavy atom. The number of carbonyl (C=O) groups excluding carboxylic acids is 1. The molecule has 1 aromatic rings. The van der Waals surface area contributed by atoms with Crippen molar-refractivity contribution in [2.45, 2.75) is 32.7 Å². The topological polar surface area (TPSA) is 87.7 Å². The maximum Gasteiger partial charge on any atom is 0.231 e. The zero-order chi connectivity index (χ0) is 16.0. The van der Waals surface area contributed by atoms with Crippen LogP contribution in [0.3, 0.4) is 0 Å². The largest absolute Gasteiger partial charge is 0.409 e. The molecule has 1 aromatic carbocycles. The third kappa shape index (κ3) is 4.79. The van der Waals surface area contributed by atoms with Crippen LogP contribution >= 0.6 is 23.2 Å². The van der Waals surface area contributed by atoms with Crippen molar-refractivity contribution in [3.63, 3.8) is 0 Å². The quantitative estimate of drug-likeness (QED) is 0.323. The van der Waals surface area contributed by atoms with Gasteiger partial charge in [0.1, 0.15) is 0 Å². The molecule has 1 amide bonds. The van der Waals surface area contributed by atoms with Gasteiger partial charge in [0.15, 0.2) is 5.84 Å². The molecule has 116 valence electrons. The summed E-state index contributed by atoms with van der Waals surface area (Å²) >= 11 is 12.0. The van der Waals surface area contributed by atoms with E-state index in [0.717, 1.165) is 12.0 Å². The Hall–Kier alpha value is -1.46. The number of amides is 1. The van der Waals surface area contributed by atoms with Crippen LogP contribution < -0.4 is 11.1 Å². The molecule has 0 aliphatic heterocycles. The molecule has 0 fully saturated rings. The molecule has 4 N–H and O–H groups in total. The van der Waals surface area contributed by atoms with E-state index in [1.807, 2.05) is 13.8 Å². The van der Waals surface area contributed by atoms with Crippen LogP contribution in [0.1, 0.15) is 38.3 Å². The van der Waals surface area contributed by atoms with Crippen LogP contribution in [0.2, 0.25) is 10.0 Å². The normalized spacial score (nSPS) is 14.6. The molecular formula is C14H19Cl2N3O2. The monoisotopic (exact) mass is 331 g/mol. The number of amidine groups is 1. The standard InChI is InChI=1S/C14H19Cl2N3O2/c1-3-4-11(13(17)19-21)14(20)18-8(2)10-6-5-9(15)7-12(10)16/h5-8,11,21H,3-4H2,1-2H3,(H2,17,19)(H,18,20). The van der Waals surface area contributed by atoms with E-state index in [1.54, 1.807) is 18.2 Å². The van der Waals surface area contributed by atoms with E-state index in [-0.39, 0.29) is 17.8 Å². The first-order valence-electron chi connectivity index (χ1n) is 6.63. The fourth-order valence-corrected chi connectivity index (χ4v) is 2.59. The van der Waals surface area contributed by atoms with E-state index in [4.69, 9.17) is 34.1 Å². The van der Waals surface area contributed by atoms with Gasteiger partial charge < -0.3 is 16.3 Å². The van der Waals surface area contributed by atoms with Gasteiger partial charge in [-0.05, 0) is 31.0 Å². The molecule has 0 aromatic heterocycles. The minimum Gasteiger partial charge on any atom is -0.409 e. The molecule has 0 aliphatic carbocycles. The highest BCUT2D eigenvalue weighted by molar-refractivity contribution is 6.35. The predicted octanol–water partition coefficient (Wildman–Crippen LogP) is 3.33. The molecule has 0 bridgehead atoms. The number of carbonyl (C=O) groups is 1. The second-order valence-electron chi connectivity index (χ2n) is 4.76. The molecule has 2 unspecified atom stereocenters. The van der Waals surface area contributed by atoms with Crippen molar-refractivity contribution < 1.29 is 10.0 Å². The molecule has 0 radical (unpaired) electrons. The Labute approximate surface area is 134 Å². The molecule has 0 spiro atoms. The number of nitrogens with one attached hydrogen (secondary N) is 1. The van der Waals surface area contributed by atoms with Crippen molar-refractivity contribution in [1.82, 2.24) is 5.32 Å². The third-order valence-corrected chi connectivity index (χ3v) is 3.72. The molecule has 0 saturated heterocycles. The molecular weight excluding hydrogens is 313 g/mol. The lowest BCUT2D eigenvalue weighted by Crippen LogP contribution is -2.40. The van der Waals surface area contributed by atoms with Crippen LogP contribution in [0.25, 0.3) is 0 Å². The van der Waals surface area contributed by atoms with Gasteiger partial charge in [0.05, 0.1) is 12.0 Å². The number of hydrogen-bond acceptors (Lipinski definition) is 3. The molecule has 7 heteroatoms. The lowest BCUT2D eigenvalue weighted by Gasteiger charge is -2.20. The molecule has 0 heterocycles. The van der Waals surface area contributed by atoms with Crippen molar-refractivity contribution >= 4 is 34.9 Å². The fraction of sp³-hybridized carbons (Fsp3) is 0.429. The van der Waals surface area contributed by atoms with E-state index in [9.17, 15) is 4.79 Å². The van der Waals surface area contributed by atoms with Gasteiger partial charge in [-0.15, -0.1) is 0 Å². The lowest BCUT2D eigenvalue weighted by atomic mass is 10.00. The van der Waals surface area contributed by atoms with Gasteiger partial charge in [-0.3, -0.25) is 4.79 Å². The van der Waals surface area contributed by atoms with E-state index in [2.05, 4.69) is 10.5 Å².